The van der Waals surface area contributed by atoms with E-state index in [9.17, 15) is 14.4 Å². The summed E-state index contributed by atoms with van der Waals surface area (Å²) in [7, 11) is 0. The molecule has 0 aromatic heterocycles. The van der Waals surface area contributed by atoms with Crippen molar-refractivity contribution < 1.29 is 19.5 Å². The van der Waals surface area contributed by atoms with Crippen LogP contribution in [-0.2, 0) is 9.59 Å². The predicted octanol–water partition coefficient (Wildman–Crippen LogP) is -0.183. The molecule has 0 radical (unpaired) electrons. The van der Waals surface area contributed by atoms with E-state index in [-0.39, 0.29) is 24.3 Å². The Hall–Kier alpha value is -1.79. The van der Waals surface area contributed by atoms with Crippen LogP contribution in [0.15, 0.2) is 0 Å². The van der Waals surface area contributed by atoms with E-state index in [1.54, 1.807) is 0 Å². The van der Waals surface area contributed by atoms with Gasteiger partial charge in [0.15, 0.2) is 0 Å². The van der Waals surface area contributed by atoms with Crippen molar-refractivity contribution in [3.05, 3.63) is 0 Å². The first kappa shape index (κ1) is 13.6. The molecule has 7 heteroatoms. The Morgan fingerprint density at radius 2 is 2.11 bits per heavy atom. The monoisotopic (exact) mass is 269 g/mol. The second-order valence-electron chi connectivity index (χ2n) is 5.15. The van der Waals surface area contributed by atoms with E-state index in [0.29, 0.717) is 13.0 Å². The highest BCUT2D eigenvalue weighted by Crippen LogP contribution is 2.33. The minimum Gasteiger partial charge on any atom is -0.481 e. The van der Waals surface area contributed by atoms with Crippen molar-refractivity contribution in [1.82, 2.24) is 16.0 Å². The molecule has 4 N–H and O–H groups in total. The van der Waals surface area contributed by atoms with Crippen LogP contribution in [0.1, 0.15) is 32.1 Å². The molecule has 0 bridgehead atoms. The second kappa shape index (κ2) is 5.90. The Labute approximate surface area is 111 Å². The van der Waals surface area contributed by atoms with E-state index in [2.05, 4.69) is 16.0 Å². The number of hydrogen-bond donors (Lipinski definition) is 4. The first-order valence-corrected chi connectivity index (χ1v) is 6.63. The minimum atomic E-state index is -0.924. The molecule has 1 saturated carbocycles. The quantitative estimate of drug-likeness (QED) is 0.555. The fourth-order valence-corrected chi connectivity index (χ4v) is 2.30. The first-order chi connectivity index (χ1) is 9.06. The average molecular weight is 269 g/mol. The highest BCUT2D eigenvalue weighted by Gasteiger charge is 2.34. The number of carbonyl (C=O) groups excluding carboxylic acids is 2. The standard InChI is InChI=1S/C12H19N3O4/c16-10(17)6-9(7-3-4-7)15-12(19)14-8-2-1-5-13-11(8)18/h7-9H,1-6H2,(H,13,18)(H,16,17)(H2,14,15,19). The smallest absolute Gasteiger partial charge is 0.315 e. The van der Waals surface area contributed by atoms with Crippen molar-refractivity contribution in [2.24, 2.45) is 5.92 Å². The Bertz CT molecular complexity index is 381. The van der Waals surface area contributed by atoms with Crippen LogP contribution in [0.4, 0.5) is 4.79 Å². The van der Waals surface area contributed by atoms with Crippen molar-refractivity contribution in [2.45, 2.75) is 44.2 Å². The number of carboxylic acid groups (broad SMARTS) is 1. The van der Waals surface area contributed by atoms with Crippen molar-refractivity contribution >= 4 is 17.9 Å². The van der Waals surface area contributed by atoms with E-state index in [0.717, 1.165) is 19.3 Å². The van der Waals surface area contributed by atoms with Crippen LogP contribution in [-0.4, -0.2) is 41.6 Å². The summed E-state index contributed by atoms with van der Waals surface area (Å²) in [5, 5.41) is 16.8. The Morgan fingerprint density at radius 3 is 2.68 bits per heavy atom. The number of urea groups is 1. The summed E-state index contributed by atoms with van der Waals surface area (Å²) in [4.78, 5) is 34.0. The topological polar surface area (TPSA) is 108 Å². The van der Waals surface area contributed by atoms with Gasteiger partial charge in [0.2, 0.25) is 5.91 Å². The van der Waals surface area contributed by atoms with Crippen LogP contribution in [0.5, 0.6) is 0 Å². The summed E-state index contributed by atoms with van der Waals surface area (Å²) in [6, 6.07) is -1.32. The van der Waals surface area contributed by atoms with Gasteiger partial charge in [0.05, 0.1) is 6.42 Å². The highest BCUT2D eigenvalue weighted by molar-refractivity contribution is 5.87. The average Bonchev–Trinajstić information content (AvgIpc) is 3.14. The number of carbonyl (C=O) groups is 3. The minimum absolute atomic E-state index is 0.0745. The molecule has 2 atom stereocenters. The third-order valence-corrected chi connectivity index (χ3v) is 3.49. The molecule has 2 rings (SSSR count). The molecule has 3 amide bonds. The normalized spacial score (nSPS) is 24.2. The van der Waals surface area contributed by atoms with Gasteiger partial charge in [-0.3, -0.25) is 9.59 Å². The van der Waals surface area contributed by atoms with E-state index in [1.807, 2.05) is 0 Å². The molecule has 106 valence electrons. The van der Waals surface area contributed by atoms with Gasteiger partial charge < -0.3 is 21.1 Å². The zero-order valence-electron chi connectivity index (χ0n) is 10.6. The van der Waals surface area contributed by atoms with Crippen molar-refractivity contribution in [3.8, 4) is 0 Å². The lowest BCUT2D eigenvalue weighted by molar-refractivity contribution is -0.137. The maximum atomic E-state index is 11.8. The molecule has 1 aliphatic carbocycles. The number of aliphatic carboxylic acids is 1. The van der Waals surface area contributed by atoms with Crippen molar-refractivity contribution in [3.63, 3.8) is 0 Å². The molecule has 1 saturated heterocycles. The number of piperidine rings is 1. The largest absolute Gasteiger partial charge is 0.481 e. The maximum Gasteiger partial charge on any atom is 0.315 e. The fraction of sp³-hybridized carbons (Fsp3) is 0.750. The first-order valence-electron chi connectivity index (χ1n) is 6.63. The molecule has 0 spiro atoms. The zero-order valence-corrected chi connectivity index (χ0v) is 10.6. The lowest BCUT2D eigenvalue weighted by atomic mass is 10.1. The summed E-state index contributed by atoms with van der Waals surface area (Å²) in [5.74, 6) is -0.850. The molecule has 0 aromatic rings. The van der Waals surface area contributed by atoms with Crippen LogP contribution in [0.2, 0.25) is 0 Å². The number of nitrogens with one attached hydrogen (secondary N) is 3. The lowest BCUT2D eigenvalue weighted by Crippen LogP contribution is -2.54. The van der Waals surface area contributed by atoms with Crippen LogP contribution in [0, 0.1) is 5.92 Å². The zero-order chi connectivity index (χ0) is 13.8. The Balaban J connectivity index is 1.81. The Morgan fingerprint density at radius 1 is 1.37 bits per heavy atom. The summed E-state index contributed by atoms with van der Waals surface area (Å²) in [6.45, 7) is 0.641. The van der Waals surface area contributed by atoms with Crippen LogP contribution >= 0.6 is 0 Å². The molecule has 7 nitrogen and oxygen atoms in total. The molecule has 2 aliphatic rings. The van der Waals surface area contributed by atoms with Crippen LogP contribution in [0.3, 0.4) is 0 Å². The van der Waals surface area contributed by atoms with E-state index in [4.69, 9.17) is 5.11 Å². The third-order valence-electron chi connectivity index (χ3n) is 3.49. The Kier molecular flexibility index (Phi) is 4.24. The number of carboxylic acids is 1. The summed E-state index contributed by atoms with van der Waals surface area (Å²) in [5.41, 5.74) is 0. The maximum absolute atomic E-state index is 11.8. The predicted molar refractivity (Wildman–Crippen MR) is 66.5 cm³/mol. The van der Waals surface area contributed by atoms with Crippen molar-refractivity contribution in [2.75, 3.05) is 6.54 Å². The number of amides is 3. The molecule has 1 aliphatic heterocycles. The third kappa shape index (κ3) is 4.11. The molecular formula is C12H19N3O4. The van der Waals surface area contributed by atoms with Gasteiger partial charge in [-0.1, -0.05) is 0 Å². The van der Waals surface area contributed by atoms with Crippen LogP contribution in [0.25, 0.3) is 0 Å². The van der Waals surface area contributed by atoms with Gasteiger partial charge in [0.25, 0.3) is 0 Å². The molecule has 19 heavy (non-hydrogen) atoms. The van der Waals surface area contributed by atoms with Gasteiger partial charge in [-0.2, -0.15) is 0 Å². The molecule has 1 heterocycles. The van der Waals surface area contributed by atoms with E-state index >= 15 is 0 Å². The van der Waals surface area contributed by atoms with Gasteiger partial charge in [0.1, 0.15) is 6.04 Å². The molecule has 0 aromatic carbocycles. The van der Waals surface area contributed by atoms with Gasteiger partial charge in [-0.25, -0.2) is 4.79 Å². The van der Waals surface area contributed by atoms with Gasteiger partial charge in [-0.05, 0) is 31.6 Å². The molecule has 2 fully saturated rings. The van der Waals surface area contributed by atoms with E-state index < -0.39 is 18.0 Å². The summed E-state index contributed by atoms with van der Waals surface area (Å²) >= 11 is 0. The second-order valence-corrected chi connectivity index (χ2v) is 5.15. The lowest BCUT2D eigenvalue weighted by Gasteiger charge is -2.24. The van der Waals surface area contributed by atoms with E-state index in [1.165, 1.54) is 0 Å². The highest BCUT2D eigenvalue weighted by atomic mass is 16.4. The fourth-order valence-electron chi connectivity index (χ4n) is 2.30. The van der Waals surface area contributed by atoms with Crippen molar-refractivity contribution in [1.29, 1.82) is 0 Å². The number of rotatable bonds is 5. The SMILES string of the molecule is O=C(O)CC(NC(=O)NC1CCCNC1=O)C1CC1. The molecular weight excluding hydrogens is 250 g/mol. The summed E-state index contributed by atoms with van der Waals surface area (Å²) in [6.07, 6.45) is 3.27. The van der Waals surface area contributed by atoms with Gasteiger partial charge >= 0.3 is 12.0 Å². The van der Waals surface area contributed by atoms with Gasteiger partial charge in [0, 0.05) is 12.6 Å². The van der Waals surface area contributed by atoms with Crippen LogP contribution < -0.4 is 16.0 Å². The molecule has 2 unspecified atom stereocenters. The van der Waals surface area contributed by atoms with Gasteiger partial charge in [-0.15, -0.1) is 0 Å². The number of hydrogen-bond acceptors (Lipinski definition) is 3. The summed E-state index contributed by atoms with van der Waals surface area (Å²) < 4.78 is 0.